The van der Waals surface area contributed by atoms with Crippen molar-refractivity contribution in [3.63, 3.8) is 0 Å². The van der Waals surface area contributed by atoms with Gasteiger partial charge in [-0.1, -0.05) is 48.0 Å². The topological polar surface area (TPSA) is 59.8 Å². The molecular formula is C23H19NO4S. The van der Waals surface area contributed by atoms with Gasteiger partial charge in [-0.05, 0) is 43.0 Å². The highest BCUT2D eigenvalue weighted by Gasteiger charge is 2.35. The summed E-state index contributed by atoms with van der Waals surface area (Å²) in [4.78, 5) is 26.4. The molecule has 29 heavy (non-hydrogen) atoms. The van der Waals surface area contributed by atoms with Gasteiger partial charge in [-0.3, -0.25) is 14.5 Å². The number of thioether (sulfide) groups is 1. The van der Waals surface area contributed by atoms with Crippen LogP contribution in [0.5, 0.6) is 5.75 Å². The lowest BCUT2D eigenvalue weighted by Gasteiger charge is -2.13. The van der Waals surface area contributed by atoms with Crippen LogP contribution >= 0.6 is 11.8 Å². The maximum Gasteiger partial charge on any atom is 0.293 e. The molecule has 0 radical (unpaired) electrons. The molecule has 0 spiro atoms. The maximum atomic E-state index is 12.6. The lowest BCUT2D eigenvalue weighted by molar-refractivity contribution is -0.123. The molecule has 1 aliphatic heterocycles. The molecule has 0 atom stereocenters. The summed E-state index contributed by atoms with van der Waals surface area (Å²) in [6, 6.07) is 21.0. The molecule has 1 aliphatic rings. The Morgan fingerprint density at radius 2 is 1.76 bits per heavy atom. The number of carbonyl (C=O) groups excluding carboxylic acids is 2. The van der Waals surface area contributed by atoms with Crippen LogP contribution in [0.25, 0.3) is 17.4 Å². The van der Waals surface area contributed by atoms with Crippen molar-refractivity contribution < 1.29 is 18.7 Å². The third-order valence-electron chi connectivity index (χ3n) is 4.44. The van der Waals surface area contributed by atoms with Gasteiger partial charge in [0.2, 0.25) is 0 Å². The number of aryl methyl sites for hydroxylation is 1. The highest BCUT2D eigenvalue weighted by atomic mass is 32.2. The minimum absolute atomic E-state index is 0.198. The molecule has 1 saturated heterocycles. The third kappa shape index (κ3) is 4.43. The van der Waals surface area contributed by atoms with Crippen molar-refractivity contribution in [3.8, 4) is 17.1 Å². The predicted octanol–water partition coefficient (Wildman–Crippen LogP) is 5.37. The molecule has 4 rings (SSSR count). The second-order valence-electron chi connectivity index (χ2n) is 6.56. The van der Waals surface area contributed by atoms with Gasteiger partial charge in [0.15, 0.2) is 0 Å². The van der Waals surface area contributed by atoms with E-state index in [0.29, 0.717) is 22.2 Å². The van der Waals surface area contributed by atoms with Crippen LogP contribution in [0.3, 0.4) is 0 Å². The summed E-state index contributed by atoms with van der Waals surface area (Å²) in [5.41, 5.74) is 2.09. The first-order valence-corrected chi connectivity index (χ1v) is 10.0. The minimum atomic E-state index is -0.329. The Morgan fingerprint density at radius 3 is 2.52 bits per heavy atom. The van der Waals surface area contributed by atoms with Crippen molar-refractivity contribution in [3.05, 3.63) is 83.0 Å². The molecule has 0 N–H and O–H groups in total. The normalized spacial score (nSPS) is 15.3. The van der Waals surface area contributed by atoms with Gasteiger partial charge in [0.05, 0.1) is 11.4 Å². The first-order chi connectivity index (χ1) is 14.1. The Kier molecular flexibility index (Phi) is 5.53. The summed E-state index contributed by atoms with van der Waals surface area (Å²) < 4.78 is 11.4. The van der Waals surface area contributed by atoms with Crippen molar-refractivity contribution in [2.75, 3.05) is 13.2 Å². The number of ether oxygens (including phenoxy) is 1. The molecule has 0 saturated carbocycles. The monoisotopic (exact) mass is 405 g/mol. The number of benzene rings is 2. The fraction of sp³-hybridized carbons (Fsp3) is 0.130. The van der Waals surface area contributed by atoms with Crippen LogP contribution in [0.2, 0.25) is 0 Å². The lowest BCUT2D eigenvalue weighted by atomic mass is 10.2. The van der Waals surface area contributed by atoms with Gasteiger partial charge in [0, 0.05) is 11.6 Å². The highest BCUT2D eigenvalue weighted by Crippen LogP contribution is 2.33. The van der Waals surface area contributed by atoms with Gasteiger partial charge >= 0.3 is 0 Å². The molecule has 0 aliphatic carbocycles. The minimum Gasteiger partial charge on any atom is -0.492 e. The van der Waals surface area contributed by atoms with Crippen LogP contribution in [0.4, 0.5) is 4.79 Å². The molecule has 0 bridgehead atoms. The Morgan fingerprint density at radius 1 is 1.00 bits per heavy atom. The van der Waals surface area contributed by atoms with E-state index >= 15 is 0 Å². The number of imide groups is 1. The zero-order chi connectivity index (χ0) is 20.2. The average molecular weight is 405 g/mol. The maximum absolute atomic E-state index is 12.6. The van der Waals surface area contributed by atoms with Crippen molar-refractivity contribution in [2.24, 2.45) is 0 Å². The first-order valence-electron chi connectivity index (χ1n) is 9.20. The van der Waals surface area contributed by atoms with Gasteiger partial charge < -0.3 is 9.15 Å². The average Bonchev–Trinajstić information content (AvgIpc) is 3.30. The smallest absolute Gasteiger partial charge is 0.293 e. The number of hydrogen-bond donors (Lipinski definition) is 0. The molecule has 0 unspecified atom stereocenters. The third-order valence-corrected chi connectivity index (χ3v) is 5.34. The van der Waals surface area contributed by atoms with Crippen LogP contribution in [0.1, 0.15) is 11.3 Å². The molecule has 3 aromatic rings. The van der Waals surface area contributed by atoms with Crippen LogP contribution < -0.4 is 4.74 Å². The van der Waals surface area contributed by atoms with Crippen LogP contribution in [-0.2, 0) is 4.79 Å². The summed E-state index contributed by atoms with van der Waals surface area (Å²) in [7, 11) is 0. The zero-order valence-corrected chi connectivity index (χ0v) is 16.6. The summed E-state index contributed by atoms with van der Waals surface area (Å²) in [6.45, 7) is 2.44. The SMILES string of the molecule is Cc1ccc(OCCN2C(=O)S/C(=C\c3ccc(-c4ccccc4)o3)C2=O)cc1. The molecule has 6 heteroatoms. The van der Waals surface area contributed by atoms with E-state index < -0.39 is 0 Å². The van der Waals surface area contributed by atoms with Crippen molar-refractivity contribution in [1.82, 2.24) is 4.90 Å². The molecule has 2 amide bonds. The lowest BCUT2D eigenvalue weighted by Crippen LogP contribution is -2.32. The number of rotatable bonds is 6. The van der Waals surface area contributed by atoms with Crippen LogP contribution in [0.15, 0.2) is 76.1 Å². The number of nitrogens with zero attached hydrogens (tertiary/aromatic N) is 1. The Hall–Kier alpha value is -3.25. The molecule has 5 nitrogen and oxygen atoms in total. The Bertz CT molecular complexity index is 1050. The van der Waals surface area contributed by atoms with Crippen molar-refractivity contribution in [1.29, 1.82) is 0 Å². The van der Waals surface area contributed by atoms with Crippen molar-refractivity contribution >= 4 is 29.0 Å². The second-order valence-corrected chi connectivity index (χ2v) is 7.56. The first kappa shape index (κ1) is 19.1. The molecule has 1 fully saturated rings. The van der Waals surface area contributed by atoms with Gasteiger partial charge in [0.1, 0.15) is 23.9 Å². The molecular weight excluding hydrogens is 386 g/mol. The molecule has 2 aromatic carbocycles. The van der Waals surface area contributed by atoms with Crippen LogP contribution in [0, 0.1) is 6.92 Å². The second kappa shape index (κ2) is 8.41. The van der Waals surface area contributed by atoms with E-state index in [4.69, 9.17) is 9.15 Å². The van der Waals surface area contributed by atoms with Gasteiger partial charge in [-0.15, -0.1) is 0 Å². The quantitative estimate of drug-likeness (QED) is 0.516. The number of furan rings is 1. The molecule has 1 aromatic heterocycles. The van der Waals surface area contributed by atoms with E-state index in [1.165, 1.54) is 4.90 Å². The summed E-state index contributed by atoms with van der Waals surface area (Å²) in [5, 5.41) is -0.302. The van der Waals surface area contributed by atoms with Crippen molar-refractivity contribution in [2.45, 2.75) is 6.92 Å². The fourth-order valence-corrected chi connectivity index (χ4v) is 3.74. The Labute approximate surface area is 173 Å². The number of carbonyl (C=O) groups is 2. The van der Waals surface area contributed by atoms with E-state index in [2.05, 4.69) is 0 Å². The van der Waals surface area contributed by atoms with E-state index in [-0.39, 0.29) is 24.3 Å². The standard InChI is InChI=1S/C23H19NO4S/c1-16-7-9-18(10-8-16)27-14-13-24-22(25)21(29-23(24)26)15-19-11-12-20(28-19)17-5-3-2-4-6-17/h2-12,15H,13-14H2,1H3/b21-15-. The number of amides is 2. The summed E-state index contributed by atoms with van der Waals surface area (Å²) >= 11 is 0.913. The number of hydrogen-bond acceptors (Lipinski definition) is 5. The summed E-state index contributed by atoms with van der Waals surface area (Å²) in [6.07, 6.45) is 1.61. The fourth-order valence-electron chi connectivity index (χ4n) is 2.90. The summed E-state index contributed by atoms with van der Waals surface area (Å²) in [5.74, 6) is 1.63. The van der Waals surface area contributed by atoms with E-state index in [1.54, 1.807) is 12.1 Å². The van der Waals surface area contributed by atoms with E-state index in [9.17, 15) is 9.59 Å². The zero-order valence-electron chi connectivity index (χ0n) is 15.8. The largest absolute Gasteiger partial charge is 0.492 e. The highest BCUT2D eigenvalue weighted by molar-refractivity contribution is 8.18. The van der Waals surface area contributed by atoms with Gasteiger partial charge in [0.25, 0.3) is 11.1 Å². The molecule has 2 heterocycles. The van der Waals surface area contributed by atoms with Gasteiger partial charge in [-0.25, -0.2) is 0 Å². The van der Waals surface area contributed by atoms with Crippen LogP contribution in [-0.4, -0.2) is 29.2 Å². The van der Waals surface area contributed by atoms with Gasteiger partial charge in [-0.2, -0.15) is 0 Å². The van der Waals surface area contributed by atoms with E-state index in [1.807, 2.05) is 67.6 Å². The van der Waals surface area contributed by atoms with E-state index in [0.717, 1.165) is 22.9 Å². The Balaban J connectivity index is 1.40. The molecule has 146 valence electrons. The predicted molar refractivity (Wildman–Crippen MR) is 113 cm³/mol.